The zero-order valence-corrected chi connectivity index (χ0v) is 16.7. The SMILES string of the molecule is CCOC(=O)N1CCN(C(=O)c2cc(-c3ccccc3)nc3ccc(F)cc23)CC1. The van der Waals surface area contributed by atoms with Gasteiger partial charge in [-0.2, -0.15) is 0 Å². The topological polar surface area (TPSA) is 62.7 Å². The van der Waals surface area contributed by atoms with E-state index in [1.807, 2.05) is 30.3 Å². The molecule has 3 aromatic rings. The Kier molecular flexibility index (Phi) is 5.61. The molecule has 1 aromatic heterocycles. The fourth-order valence-electron chi connectivity index (χ4n) is 3.61. The third-order valence-electron chi connectivity index (χ3n) is 5.16. The van der Waals surface area contributed by atoms with Crippen LogP contribution in [0, 0.1) is 5.82 Å². The van der Waals surface area contributed by atoms with E-state index in [4.69, 9.17) is 4.74 Å². The largest absolute Gasteiger partial charge is 0.450 e. The number of carbonyl (C=O) groups is 2. The molecule has 0 N–H and O–H groups in total. The minimum Gasteiger partial charge on any atom is -0.450 e. The summed E-state index contributed by atoms with van der Waals surface area (Å²) >= 11 is 0. The van der Waals surface area contributed by atoms with Gasteiger partial charge in [-0.1, -0.05) is 30.3 Å². The first kappa shape index (κ1) is 19.8. The van der Waals surface area contributed by atoms with Gasteiger partial charge in [-0.25, -0.2) is 14.2 Å². The van der Waals surface area contributed by atoms with Gasteiger partial charge in [0.15, 0.2) is 0 Å². The van der Waals surface area contributed by atoms with Crippen molar-refractivity contribution in [2.75, 3.05) is 32.8 Å². The molecule has 1 aliphatic rings. The van der Waals surface area contributed by atoms with Crippen molar-refractivity contribution in [2.24, 2.45) is 0 Å². The number of ether oxygens (including phenoxy) is 1. The van der Waals surface area contributed by atoms with Crippen LogP contribution < -0.4 is 0 Å². The van der Waals surface area contributed by atoms with Crippen molar-refractivity contribution in [2.45, 2.75) is 6.92 Å². The smallest absolute Gasteiger partial charge is 0.409 e. The van der Waals surface area contributed by atoms with Gasteiger partial charge in [-0.3, -0.25) is 4.79 Å². The Morgan fingerprint density at radius 2 is 1.70 bits per heavy atom. The Balaban J connectivity index is 1.66. The first-order valence-electron chi connectivity index (χ1n) is 9.93. The number of fused-ring (bicyclic) bond motifs is 1. The fraction of sp³-hybridized carbons (Fsp3) is 0.261. The van der Waals surface area contributed by atoms with Crippen LogP contribution in [0.4, 0.5) is 9.18 Å². The van der Waals surface area contributed by atoms with Crippen LogP contribution in [-0.2, 0) is 4.74 Å². The first-order chi connectivity index (χ1) is 14.6. The molecule has 0 bridgehead atoms. The van der Waals surface area contributed by atoms with Crippen LogP contribution in [0.1, 0.15) is 17.3 Å². The molecule has 2 amide bonds. The van der Waals surface area contributed by atoms with E-state index in [-0.39, 0.29) is 12.0 Å². The molecule has 2 aromatic carbocycles. The summed E-state index contributed by atoms with van der Waals surface area (Å²) in [5.41, 5.74) is 2.50. The Labute approximate surface area is 173 Å². The second-order valence-corrected chi connectivity index (χ2v) is 7.06. The molecule has 0 aliphatic carbocycles. The Morgan fingerprint density at radius 1 is 1.00 bits per heavy atom. The molecule has 2 heterocycles. The zero-order chi connectivity index (χ0) is 21.1. The quantitative estimate of drug-likeness (QED) is 0.659. The van der Waals surface area contributed by atoms with Gasteiger partial charge >= 0.3 is 6.09 Å². The molecular weight excluding hydrogens is 385 g/mol. The third-order valence-corrected chi connectivity index (χ3v) is 5.16. The van der Waals surface area contributed by atoms with Crippen LogP contribution in [-0.4, -0.2) is 59.6 Å². The summed E-state index contributed by atoms with van der Waals surface area (Å²) in [5, 5.41) is 0.479. The summed E-state index contributed by atoms with van der Waals surface area (Å²) in [6, 6.07) is 15.6. The number of halogens is 1. The van der Waals surface area contributed by atoms with Crippen molar-refractivity contribution < 1.29 is 18.7 Å². The van der Waals surface area contributed by atoms with Crippen LogP contribution in [0.3, 0.4) is 0 Å². The summed E-state index contributed by atoms with van der Waals surface area (Å²) in [7, 11) is 0. The molecule has 0 spiro atoms. The minimum atomic E-state index is -0.419. The first-order valence-corrected chi connectivity index (χ1v) is 9.93. The highest BCUT2D eigenvalue weighted by Gasteiger charge is 2.27. The average molecular weight is 407 g/mol. The maximum absolute atomic E-state index is 13.9. The van der Waals surface area contributed by atoms with Gasteiger partial charge in [0.2, 0.25) is 0 Å². The number of hydrogen-bond acceptors (Lipinski definition) is 4. The summed E-state index contributed by atoms with van der Waals surface area (Å²) < 4.78 is 19.0. The van der Waals surface area contributed by atoms with Gasteiger partial charge < -0.3 is 14.5 Å². The van der Waals surface area contributed by atoms with E-state index in [1.165, 1.54) is 12.1 Å². The maximum Gasteiger partial charge on any atom is 0.409 e. The van der Waals surface area contributed by atoms with E-state index in [1.54, 1.807) is 28.9 Å². The molecule has 7 heteroatoms. The van der Waals surface area contributed by atoms with Crippen LogP contribution in [0.2, 0.25) is 0 Å². The molecule has 1 fully saturated rings. The van der Waals surface area contributed by atoms with Crippen LogP contribution >= 0.6 is 0 Å². The van der Waals surface area contributed by atoms with Gasteiger partial charge in [-0.15, -0.1) is 0 Å². The van der Waals surface area contributed by atoms with Crippen molar-refractivity contribution in [3.63, 3.8) is 0 Å². The summed E-state index contributed by atoms with van der Waals surface area (Å²) in [5.74, 6) is -0.619. The summed E-state index contributed by atoms with van der Waals surface area (Å²) in [6.45, 7) is 3.64. The Hall–Kier alpha value is -3.48. The predicted octanol–water partition coefficient (Wildman–Crippen LogP) is 3.96. The predicted molar refractivity (Wildman–Crippen MR) is 112 cm³/mol. The highest BCUT2D eigenvalue weighted by Crippen LogP contribution is 2.27. The van der Waals surface area contributed by atoms with E-state index in [9.17, 15) is 14.0 Å². The lowest BCUT2D eigenvalue weighted by Crippen LogP contribution is -2.50. The number of aromatic nitrogens is 1. The molecule has 0 saturated carbocycles. The van der Waals surface area contributed by atoms with E-state index < -0.39 is 5.82 Å². The zero-order valence-electron chi connectivity index (χ0n) is 16.7. The molecular formula is C23H22FN3O3. The molecule has 0 atom stereocenters. The molecule has 0 unspecified atom stereocenters. The van der Waals surface area contributed by atoms with E-state index in [0.717, 1.165) is 5.56 Å². The highest BCUT2D eigenvalue weighted by molar-refractivity contribution is 6.07. The monoisotopic (exact) mass is 407 g/mol. The fourth-order valence-corrected chi connectivity index (χ4v) is 3.61. The van der Waals surface area contributed by atoms with Crippen LogP contribution in [0.25, 0.3) is 22.2 Å². The highest BCUT2D eigenvalue weighted by atomic mass is 19.1. The summed E-state index contributed by atoms with van der Waals surface area (Å²) in [6.07, 6.45) is -0.368. The second kappa shape index (κ2) is 8.49. The van der Waals surface area contributed by atoms with Gasteiger partial charge in [0.1, 0.15) is 5.82 Å². The van der Waals surface area contributed by atoms with Crippen LogP contribution in [0.15, 0.2) is 54.6 Å². The number of carbonyl (C=O) groups excluding carboxylic acids is 2. The van der Waals surface area contributed by atoms with Crippen LogP contribution in [0.5, 0.6) is 0 Å². The number of benzene rings is 2. The van der Waals surface area contributed by atoms with Crippen molar-refractivity contribution >= 4 is 22.9 Å². The minimum absolute atomic E-state index is 0.200. The maximum atomic E-state index is 13.9. The summed E-state index contributed by atoms with van der Waals surface area (Å²) in [4.78, 5) is 33.2. The molecule has 30 heavy (non-hydrogen) atoms. The van der Waals surface area contributed by atoms with E-state index in [0.29, 0.717) is 54.9 Å². The molecule has 154 valence electrons. The number of nitrogens with zero attached hydrogens (tertiary/aromatic N) is 3. The molecule has 1 aliphatic heterocycles. The third kappa shape index (κ3) is 3.96. The van der Waals surface area contributed by atoms with Crippen molar-refractivity contribution in [1.82, 2.24) is 14.8 Å². The Morgan fingerprint density at radius 3 is 2.40 bits per heavy atom. The van der Waals surface area contributed by atoms with Crippen molar-refractivity contribution in [3.8, 4) is 11.3 Å². The van der Waals surface area contributed by atoms with Gasteiger partial charge in [0, 0.05) is 37.1 Å². The number of piperazine rings is 1. The van der Waals surface area contributed by atoms with Gasteiger partial charge in [-0.05, 0) is 31.2 Å². The average Bonchev–Trinajstić information content (AvgIpc) is 2.79. The number of rotatable bonds is 3. The lowest BCUT2D eigenvalue weighted by atomic mass is 10.0. The molecule has 4 rings (SSSR count). The number of amides is 2. The van der Waals surface area contributed by atoms with Crippen molar-refractivity contribution in [3.05, 3.63) is 66.0 Å². The lowest BCUT2D eigenvalue weighted by molar-refractivity contribution is 0.0572. The van der Waals surface area contributed by atoms with E-state index in [2.05, 4.69) is 4.98 Å². The van der Waals surface area contributed by atoms with Crippen molar-refractivity contribution in [1.29, 1.82) is 0 Å². The van der Waals surface area contributed by atoms with Gasteiger partial charge in [0.05, 0.1) is 23.4 Å². The molecule has 1 saturated heterocycles. The Bertz CT molecular complexity index is 1080. The van der Waals surface area contributed by atoms with Gasteiger partial charge in [0.25, 0.3) is 5.91 Å². The van der Waals surface area contributed by atoms with E-state index >= 15 is 0 Å². The lowest BCUT2D eigenvalue weighted by Gasteiger charge is -2.34. The number of pyridine rings is 1. The number of hydrogen-bond donors (Lipinski definition) is 0. The normalized spacial score (nSPS) is 14.1. The molecule has 0 radical (unpaired) electrons. The second-order valence-electron chi connectivity index (χ2n) is 7.06. The molecule has 6 nitrogen and oxygen atoms in total. The standard InChI is InChI=1S/C23H22FN3O3/c1-2-30-23(29)27-12-10-26(11-13-27)22(28)19-15-21(16-6-4-3-5-7-16)25-20-9-8-17(24)14-18(19)20/h3-9,14-15H,2,10-13H2,1H3.